The van der Waals surface area contributed by atoms with Crippen molar-refractivity contribution in [2.45, 2.75) is 19.4 Å². The molecule has 0 radical (unpaired) electrons. The summed E-state index contributed by atoms with van der Waals surface area (Å²) < 4.78 is 18.4. The molecule has 2 rings (SSSR count). The van der Waals surface area contributed by atoms with Crippen molar-refractivity contribution < 1.29 is 13.9 Å². The van der Waals surface area contributed by atoms with Crippen molar-refractivity contribution in [3.05, 3.63) is 65.0 Å². The molecule has 0 aliphatic rings. The number of amides is 1. The summed E-state index contributed by atoms with van der Waals surface area (Å²) in [5, 5.41) is 11.6. The highest BCUT2D eigenvalue weighted by Crippen LogP contribution is 2.18. The first-order valence-electron chi connectivity index (χ1n) is 7.20. The molecule has 2 aromatic rings. The molecule has 0 saturated heterocycles. The van der Waals surface area contributed by atoms with Crippen LogP contribution in [0.1, 0.15) is 23.1 Å². The Balaban J connectivity index is 1.83. The van der Waals surface area contributed by atoms with Crippen LogP contribution in [0, 0.1) is 17.1 Å². The molecule has 4 nitrogen and oxygen atoms in total. The van der Waals surface area contributed by atoms with Crippen molar-refractivity contribution in [1.82, 2.24) is 5.32 Å². The Bertz CT molecular complexity index is 738. The summed E-state index contributed by atoms with van der Waals surface area (Å²) >= 11 is 0. The highest BCUT2D eigenvalue weighted by Gasteiger charge is 2.06. The van der Waals surface area contributed by atoms with Gasteiger partial charge in [-0.25, -0.2) is 4.39 Å². The highest BCUT2D eigenvalue weighted by atomic mass is 19.1. The molecule has 0 aliphatic carbocycles. The smallest absolute Gasteiger partial charge is 0.220 e. The Morgan fingerprint density at radius 3 is 2.78 bits per heavy atom. The Kier molecular flexibility index (Phi) is 5.70. The van der Waals surface area contributed by atoms with Crippen molar-refractivity contribution in [3.8, 4) is 11.8 Å². The number of carbonyl (C=O) groups is 1. The Morgan fingerprint density at radius 1 is 1.26 bits per heavy atom. The summed E-state index contributed by atoms with van der Waals surface area (Å²) in [5.74, 6) is -0.363. The van der Waals surface area contributed by atoms with E-state index in [9.17, 15) is 9.18 Å². The Hall–Kier alpha value is -2.87. The quantitative estimate of drug-likeness (QED) is 0.892. The van der Waals surface area contributed by atoms with Crippen LogP contribution in [0.5, 0.6) is 5.75 Å². The summed E-state index contributed by atoms with van der Waals surface area (Å²) in [5.41, 5.74) is 2.17. The summed E-state index contributed by atoms with van der Waals surface area (Å²) in [6, 6.07) is 13.8. The second-order valence-electron chi connectivity index (χ2n) is 5.06. The first-order chi connectivity index (χ1) is 11.1. The molecule has 1 amide bonds. The molecular formula is C18H17FN2O2. The van der Waals surface area contributed by atoms with E-state index in [4.69, 9.17) is 10.00 Å². The summed E-state index contributed by atoms with van der Waals surface area (Å²) in [7, 11) is 1.41. The predicted octanol–water partition coefficient (Wildman–Crippen LogP) is 2.95. The zero-order valence-corrected chi connectivity index (χ0v) is 12.8. The maximum Gasteiger partial charge on any atom is 0.220 e. The van der Waals surface area contributed by atoms with E-state index in [2.05, 4.69) is 11.4 Å². The molecule has 0 aliphatic heterocycles. The molecule has 0 unspecified atom stereocenters. The fourth-order valence-corrected chi connectivity index (χ4v) is 2.16. The van der Waals surface area contributed by atoms with Gasteiger partial charge < -0.3 is 10.1 Å². The zero-order valence-electron chi connectivity index (χ0n) is 12.8. The molecule has 23 heavy (non-hydrogen) atoms. The van der Waals surface area contributed by atoms with Gasteiger partial charge in [-0.1, -0.05) is 18.2 Å². The van der Waals surface area contributed by atoms with Crippen LogP contribution in [0.3, 0.4) is 0 Å². The maximum absolute atomic E-state index is 13.6. The van der Waals surface area contributed by atoms with Crippen LogP contribution in [-0.4, -0.2) is 13.0 Å². The van der Waals surface area contributed by atoms with Gasteiger partial charge in [-0.2, -0.15) is 5.26 Å². The molecule has 0 heterocycles. The molecular weight excluding hydrogens is 295 g/mol. The lowest BCUT2D eigenvalue weighted by atomic mass is 10.1. The van der Waals surface area contributed by atoms with E-state index >= 15 is 0 Å². The summed E-state index contributed by atoms with van der Waals surface area (Å²) in [4.78, 5) is 11.9. The molecule has 118 valence electrons. The fraction of sp³-hybridized carbons (Fsp3) is 0.222. The first kappa shape index (κ1) is 16.5. The standard InChI is InChI=1S/C18H17FN2O2/c1-23-17-7-5-13(10-16(17)19)6-8-18(22)21-12-15-4-2-3-14(9-15)11-20/h2-5,7,9-10H,6,8,12H2,1H3,(H,21,22). The van der Waals surface area contributed by atoms with Crippen LogP contribution in [0.15, 0.2) is 42.5 Å². The predicted molar refractivity (Wildman–Crippen MR) is 84.3 cm³/mol. The maximum atomic E-state index is 13.6. The number of methoxy groups -OCH3 is 1. The van der Waals surface area contributed by atoms with Crippen molar-refractivity contribution >= 4 is 5.91 Å². The van der Waals surface area contributed by atoms with Crippen LogP contribution < -0.4 is 10.1 Å². The van der Waals surface area contributed by atoms with Crippen molar-refractivity contribution in [2.24, 2.45) is 0 Å². The van der Waals surface area contributed by atoms with Gasteiger partial charge in [-0.3, -0.25) is 4.79 Å². The van der Waals surface area contributed by atoms with Gasteiger partial charge in [-0.15, -0.1) is 0 Å². The van der Waals surface area contributed by atoms with Gasteiger partial charge in [0.1, 0.15) is 0 Å². The van der Waals surface area contributed by atoms with Gasteiger partial charge in [0.05, 0.1) is 18.7 Å². The van der Waals surface area contributed by atoms with E-state index in [1.54, 1.807) is 30.3 Å². The van der Waals surface area contributed by atoms with E-state index < -0.39 is 5.82 Å². The van der Waals surface area contributed by atoms with Gasteiger partial charge in [-0.05, 0) is 41.8 Å². The number of carbonyl (C=O) groups excluding carboxylic acids is 1. The number of hydrogen-bond acceptors (Lipinski definition) is 3. The number of rotatable bonds is 6. The molecule has 2 aromatic carbocycles. The molecule has 1 N–H and O–H groups in total. The molecule has 0 fully saturated rings. The average Bonchev–Trinajstić information content (AvgIpc) is 2.58. The largest absolute Gasteiger partial charge is 0.494 e. The minimum absolute atomic E-state index is 0.122. The van der Waals surface area contributed by atoms with E-state index in [-0.39, 0.29) is 18.1 Å². The molecule has 5 heteroatoms. The number of ether oxygens (including phenoxy) is 1. The van der Waals surface area contributed by atoms with Crippen LogP contribution in [0.4, 0.5) is 4.39 Å². The van der Waals surface area contributed by atoms with Gasteiger partial charge in [0.2, 0.25) is 5.91 Å². The third kappa shape index (κ3) is 4.82. The van der Waals surface area contributed by atoms with E-state index in [1.165, 1.54) is 13.2 Å². The SMILES string of the molecule is COc1ccc(CCC(=O)NCc2cccc(C#N)c2)cc1F. The molecule has 0 spiro atoms. The van der Waals surface area contributed by atoms with Crippen molar-refractivity contribution in [3.63, 3.8) is 0 Å². The average molecular weight is 312 g/mol. The number of nitrogens with one attached hydrogen (secondary N) is 1. The van der Waals surface area contributed by atoms with Gasteiger partial charge >= 0.3 is 0 Å². The van der Waals surface area contributed by atoms with Gasteiger partial charge in [0, 0.05) is 13.0 Å². The molecule has 0 saturated carbocycles. The lowest BCUT2D eigenvalue weighted by Gasteiger charge is -2.07. The Labute approximate surface area is 134 Å². The number of aryl methyl sites for hydroxylation is 1. The summed E-state index contributed by atoms with van der Waals surface area (Å²) in [6.45, 7) is 0.366. The van der Waals surface area contributed by atoms with E-state index in [0.717, 1.165) is 11.1 Å². The second-order valence-corrected chi connectivity index (χ2v) is 5.06. The Morgan fingerprint density at radius 2 is 2.09 bits per heavy atom. The van der Waals surface area contributed by atoms with Crippen molar-refractivity contribution in [2.75, 3.05) is 7.11 Å². The highest BCUT2D eigenvalue weighted by molar-refractivity contribution is 5.76. The second kappa shape index (κ2) is 7.95. The molecule has 0 aromatic heterocycles. The van der Waals surface area contributed by atoms with Gasteiger partial charge in [0.25, 0.3) is 0 Å². The van der Waals surface area contributed by atoms with E-state index in [1.807, 2.05) is 6.07 Å². The first-order valence-corrected chi connectivity index (χ1v) is 7.20. The number of benzene rings is 2. The zero-order chi connectivity index (χ0) is 16.7. The third-order valence-corrected chi connectivity index (χ3v) is 3.40. The lowest BCUT2D eigenvalue weighted by Crippen LogP contribution is -2.23. The lowest BCUT2D eigenvalue weighted by molar-refractivity contribution is -0.121. The van der Waals surface area contributed by atoms with E-state index in [0.29, 0.717) is 18.5 Å². The van der Waals surface area contributed by atoms with Crippen LogP contribution in [0.25, 0.3) is 0 Å². The third-order valence-electron chi connectivity index (χ3n) is 3.40. The molecule has 0 atom stereocenters. The minimum Gasteiger partial charge on any atom is -0.494 e. The topological polar surface area (TPSA) is 62.1 Å². The normalized spacial score (nSPS) is 9.96. The monoisotopic (exact) mass is 312 g/mol. The number of nitriles is 1. The van der Waals surface area contributed by atoms with Crippen LogP contribution in [0.2, 0.25) is 0 Å². The summed E-state index contributed by atoms with van der Waals surface area (Å²) in [6.07, 6.45) is 0.717. The minimum atomic E-state index is -0.432. The van der Waals surface area contributed by atoms with Crippen molar-refractivity contribution in [1.29, 1.82) is 5.26 Å². The fourth-order valence-electron chi connectivity index (χ4n) is 2.16. The number of halogens is 1. The van der Waals surface area contributed by atoms with Gasteiger partial charge in [0.15, 0.2) is 11.6 Å². The number of hydrogen-bond donors (Lipinski definition) is 1. The number of nitrogens with zero attached hydrogens (tertiary/aromatic N) is 1. The molecule has 0 bridgehead atoms. The van der Waals surface area contributed by atoms with Crippen LogP contribution >= 0.6 is 0 Å². The van der Waals surface area contributed by atoms with Crippen LogP contribution in [-0.2, 0) is 17.8 Å².